The molecule has 1 saturated heterocycles. The topological polar surface area (TPSA) is 37.6 Å². The van der Waals surface area contributed by atoms with E-state index in [9.17, 15) is 4.79 Å². The van der Waals surface area contributed by atoms with E-state index in [2.05, 4.69) is 43.3 Å². The monoisotopic (exact) mass is 394 g/mol. The summed E-state index contributed by atoms with van der Waals surface area (Å²) in [5.74, 6) is 0.726. The van der Waals surface area contributed by atoms with Gasteiger partial charge in [0.05, 0.1) is 29.2 Å². The Kier molecular flexibility index (Phi) is 6.03. The van der Waals surface area contributed by atoms with Gasteiger partial charge in [0.25, 0.3) is 5.91 Å². The van der Waals surface area contributed by atoms with Crippen LogP contribution in [-0.4, -0.2) is 42.0 Å². The molecule has 0 saturated carbocycles. The summed E-state index contributed by atoms with van der Waals surface area (Å²) in [7, 11) is 0. The van der Waals surface area contributed by atoms with Crippen LogP contribution in [0.25, 0.3) is 10.2 Å². The summed E-state index contributed by atoms with van der Waals surface area (Å²) in [6.45, 7) is 6.19. The molecule has 1 aromatic heterocycles. The molecule has 1 aliphatic heterocycles. The Morgan fingerprint density at radius 2 is 1.96 bits per heavy atom. The summed E-state index contributed by atoms with van der Waals surface area (Å²) in [6, 6.07) is 18.6. The maximum Gasteiger partial charge on any atom is 0.278 e. The van der Waals surface area contributed by atoms with E-state index in [-0.39, 0.29) is 5.91 Å². The van der Waals surface area contributed by atoms with Crippen LogP contribution in [0.2, 0.25) is 0 Å². The fourth-order valence-electron chi connectivity index (χ4n) is 4.09. The van der Waals surface area contributed by atoms with Crippen molar-refractivity contribution in [1.29, 1.82) is 0 Å². The SMILES string of the molecule is CCN(Cc1ccccc1)C(=O)C[NH+]1CCC[C@@H](c2nc3ccccc3s2)C1. The van der Waals surface area contributed by atoms with Gasteiger partial charge in [-0.05, 0) is 37.5 Å². The first-order chi connectivity index (χ1) is 13.7. The second-order valence-corrected chi connectivity index (χ2v) is 8.70. The Balaban J connectivity index is 1.39. The van der Waals surface area contributed by atoms with E-state index in [0.29, 0.717) is 19.0 Å². The lowest BCUT2D eigenvalue weighted by Gasteiger charge is -2.30. The molecule has 1 unspecified atom stereocenters. The Morgan fingerprint density at radius 1 is 1.18 bits per heavy atom. The van der Waals surface area contributed by atoms with Crippen molar-refractivity contribution in [1.82, 2.24) is 9.88 Å². The highest BCUT2D eigenvalue weighted by molar-refractivity contribution is 7.18. The van der Waals surface area contributed by atoms with Crippen molar-refractivity contribution in [2.75, 3.05) is 26.2 Å². The number of thiazole rings is 1. The fourth-order valence-corrected chi connectivity index (χ4v) is 5.19. The number of piperidine rings is 1. The molecule has 4 nitrogen and oxygen atoms in total. The molecule has 0 aliphatic carbocycles. The first kappa shape index (κ1) is 19.1. The van der Waals surface area contributed by atoms with E-state index < -0.39 is 0 Å². The third-order valence-corrected chi connectivity index (χ3v) is 6.83. The van der Waals surface area contributed by atoms with Crippen LogP contribution < -0.4 is 4.90 Å². The standard InChI is InChI=1S/C23H27N3OS/c1-2-26(15-18-9-4-3-5-10-18)22(27)17-25-14-8-11-19(16-25)23-24-20-12-6-7-13-21(20)28-23/h3-7,9-10,12-13,19H,2,8,11,14-17H2,1H3/p+1/t19-/m1/s1. The zero-order valence-corrected chi connectivity index (χ0v) is 17.3. The lowest BCUT2D eigenvalue weighted by molar-refractivity contribution is -0.898. The smallest absolute Gasteiger partial charge is 0.278 e. The second kappa shape index (κ2) is 8.84. The average molecular weight is 395 g/mol. The Hall–Kier alpha value is -2.24. The molecule has 0 bridgehead atoms. The Labute approximate surface area is 170 Å². The quantitative estimate of drug-likeness (QED) is 0.698. The van der Waals surface area contributed by atoms with Gasteiger partial charge in [0.1, 0.15) is 5.01 Å². The third kappa shape index (κ3) is 4.42. The average Bonchev–Trinajstić information content (AvgIpc) is 3.17. The number of hydrogen-bond donors (Lipinski definition) is 1. The number of nitrogens with one attached hydrogen (secondary N) is 1. The van der Waals surface area contributed by atoms with Crippen molar-refractivity contribution >= 4 is 27.5 Å². The molecule has 3 aromatic rings. The maximum absolute atomic E-state index is 12.9. The van der Waals surface area contributed by atoms with Gasteiger partial charge in [-0.1, -0.05) is 42.5 Å². The van der Waals surface area contributed by atoms with Gasteiger partial charge in [-0.2, -0.15) is 0 Å². The molecular formula is C23H28N3OS+. The van der Waals surface area contributed by atoms with E-state index in [1.165, 1.54) is 26.6 Å². The minimum absolute atomic E-state index is 0.256. The Morgan fingerprint density at radius 3 is 2.75 bits per heavy atom. The largest absolute Gasteiger partial charge is 0.334 e. The lowest BCUT2D eigenvalue weighted by atomic mass is 9.98. The Bertz CT molecular complexity index is 891. The summed E-state index contributed by atoms with van der Waals surface area (Å²) in [5.41, 5.74) is 2.30. The molecule has 1 N–H and O–H groups in total. The predicted molar refractivity (Wildman–Crippen MR) is 115 cm³/mol. The number of carbonyl (C=O) groups excluding carboxylic acids is 1. The molecule has 2 atom stereocenters. The number of amides is 1. The van der Waals surface area contributed by atoms with Crippen molar-refractivity contribution in [3.05, 3.63) is 65.2 Å². The van der Waals surface area contributed by atoms with E-state index >= 15 is 0 Å². The summed E-state index contributed by atoms with van der Waals surface area (Å²) in [6.07, 6.45) is 2.34. The first-order valence-electron chi connectivity index (χ1n) is 10.2. The van der Waals surface area contributed by atoms with Gasteiger partial charge in [-0.3, -0.25) is 4.79 Å². The number of quaternary nitrogens is 1. The van der Waals surface area contributed by atoms with Crippen molar-refractivity contribution < 1.29 is 9.69 Å². The molecule has 4 rings (SSSR count). The highest BCUT2D eigenvalue weighted by Crippen LogP contribution is 2.30. The van der Waals surface area contributed by atoms with E-state index in [1.807, 2.05) is 34.4 Å². The number of benzene rings is 2. The molecule has 1 amide bonds. The molecule has 0 radical (unpaired) electrons. The number of aromatic nitrogens is 1. The normalized spacial score (nSPS) is 19.6. The van der Waals surface area contributed by atoms with E-state index in [1.54, 1.807) is 0 Å². The number of para-hydroxylation sites is 1. The molecular weight excluding hydrogens is 366 g/mol. The van der Waals surface area contributed by atoms with Gasteiger partial charge >= 0.3 is 0 Å². The van der Waals surface area contributed by atoms with Crippen LogP contribution in [0.15, 0.2) is 54.6 Å². The highest BCUT2D eigenvalue weighted by Gasteiger charge is 2.29. The van der Waals surface area contributed by atoms with Crippen LogP contribution in [0.4, 0.5) is 0 Å². The molecule has 28 heavy (non-hydrogen) atoms. The second-order valence-electron chi connectivity index (χ2n) is 7.63. The molecule has 2 aromatic carbocycles. The number of carbonyl (C=O) groups is 1. The van der Waals surface area contributed by atoms with Crippen LogP contribution in [0, 0.1) is 0 Å². The van der Waals surface area contributed by atoms with Crippen molar-refractivity contribution in [3.63, 3.8) is 0 Å². The maximum atomic E-state index is 12.9. The van der Waals surface area contributed by atoms with Crippen molar-refractivity contribution in [3.8, 4) is 0 Å². The van der Waals surface area contributed by atoms with Gasteiger partial charge < -0.3 is 9.80 Å². The molecule has 2 heterocycles. The summed E-state index contributed by atoms with van der Waals surface area (Å²) >= 11 is 1.82. The summed E-state index contributed by atoms with van der Waals surface area (Å²) in [5, 5.41) is 1.24. The molecule has 1 aliphatic rings. The lowest BCUT2D eigenvalue weighted by Crippen LogP contribution is -3.14. The first-order valence-corrected chi connectivity index (χ1v) is 11.1. The molecule has 0 spiro atoms. The molecule has 1 fully saturated rings. The summed E-state index contributed by atoms with van der Waals surface area (Å²) in [4.78, 5) is 21.2. The number of nitrogens with zero attached hydrogens (tertiary/aromatic N) is 2. The van der Waals surface area contributed by atoms with E-state index in [0.717, 1.165) is 31.6 Å². The zero-order chi connectivity index (χ0) is 19.3. The van der Waals surface area contributed by atoms with Crippen molar-refractivity contribution in [2.24, 2.45) is 0 Å². The fraction of sp³-hybridized carbons (Fsp3) is 0.391. The number of rotatable bonds is 6. The van der Waals surface area contributed by atoms with Crippen LogP contribution in [0.5, 0.6) is 0 Å². The predicted octanol–water partition coefficient (Wildman–Crippen LogP) is 3.11. The van der Waals surface area contributed by atoms with Gasteiger partial charge in [0.15, 0.2) is 6.54 Å². The number of likely N-dealkylation sites (N-methyl/N-ethyl adjacent to an activating group) is 1. The number of likely N-dealkylation sites (tertiary alicyclic amines) is 1. The minimum Gasteiger partial charge on any atom is -0.334 e. The summed E-state index contributed by atoms with van der Waals surface area (Å²) < 4.78 is 1.26. The molecule has 146 valence electrons. The van der Waals surface area contributed by atoms with Crippen molar-refractivity contribution in [2.45, 2.75) is 32.2 Å². The highest BCUT2D eigenvalue weighted by atomic mass is 32.1. The van der Waals surface area contributed by atoms with Crippen LogP contribution in [-0.2, 0) is 11.3 Å². The number of fused-ring (bicyclic) bond motifs is 1. The van der Waals surface area contributed by atoms with Crippen LogP contribution in [0.1, 0.15) is 36.3 Å². The molecule has 5 heteroatoms. The van der Waals surface area contributed by atoms with Crippen LogP contribution in [0.3, 0.4) is 0 Å². The van der Waals surface area contributed by atoms with Gasteiger partial charge in [0.2, 0.25) is 0 Å². The van der Waals surface area contributed by atoms with Crippen LogP contribution >= 0.6 is 11.3 Å². The van der Waals surface area contributed by atoms with Gasteiger partial charge in [-0.15, -0.1) is 11.3 Å². The van der Waals surface area contributed by atoms with Gasteiger partial charge in [0, 0.05) is 13.1 Å². The third-order valence-electron chi connectivity index (χ3n) is 5.63. The zero-order valence-electron chi connectivity index (χ0n) is 16.4. The van der Waals surface area contributed by atoms with Gasteiger partial charge in [-0.25, -0.2) is 4.98 Å². The van der Waals surface area contributed by atoms with E-state index in [4.69, 9.17) is 4.98 Å². The number of hydrogen-bond acceptors (Lipinski definition) is 3. The minimum atomic E-state index is 0.256.